The summed E-state index contributed by atoms with van der Waals surface area (Å²) in [5, 5.41) is 0. The molecule has 5 nitrogen and oxygen atoms in total. The van der Waals surface area contributed by atoms with E-state index < -0.39 is 0 Å². The number of nitrogens with two attached hydrogens (primary N) is 1. The highest BCUT2D eigenvalue weighted by Crippen LogP contribution is 2.23. The van der Waals surface area contributed by atoms with Crippen molar-refractivity contribution in [2.24, 2.45) is 5.92 Å². The Labute approximate surface area is 112 Å². The lowest BCUT2D eigenvalue weighted by Gasteiger charge is -2.21. The van der Waals surface area contributed by atoms with E-state index in [4.69, 9.17) is 19.9 Å². The number of benzene rings is 1. The average Bonchev–Trinajstić information content (AvgIpc) is 2.46. The lowest BCUT2D eigenvalue weighted by Crippen LogP contribution is -2.21. The van der Waals surface area contributed by atoms with E-state index in [2.05, 4.69) is 0 Å². The maximum atomic E-state index is 11.9. The number of ether oxygens (including phenoxy) is 3. The van der Waals surface area contributed by atoms with Crippen molar-refractivity contribution in [3.8, 4) is 5.75 Å². The molecular formula is C14H19NO4. The predicted octanol–water partition coefficient (Wildman–Crippen LogP) is 1.86. The molecule has 0 unspecified atom stereocenters. The molecule has 1 aliphatic rings. The second-order valence-corrected chi connectivity index (χ2v) is 4.61. The minimum atomic E-state index is -0.343. The van der Waals surface area contributed by atoms with Gasteiger partial charge in [0.2, 0.25) is 0 Å². The van der Waals surface area contributed by atoms with E-state index in [1.165, 1.54) is 7.11 Å². The topological polar surface area (TPSA) is 70.8 Å². The van der Waals surface area contributed by atoms with Gasteiger partial charge in [0.15, 0.2) is 0 Å². The van der Waals surface area contributed by atoms with E-state index in [0.29, 0.717) is 29.5 Å². The summed E-state index contributed by atoms with van der Waals surface area (Å²) in [5.41, 5.74) is 6.66. The van der Waals surface area contributed by atoms with Crippen LogP contribution < -0.4 is 10.5 Å². The fraction of sp³-hybridized carbons (Fsp3) is 0.500. The summed E-state index contributed by atoms with van der Waals surface area (Å²) in [4.78, 5) is 11.9. The maximum Gasteiger partial charge on any atom is 0.338 e. The third-order valence-electron chi connectivity index (χ3n) is 3.26. The van der Waals surface area contributed by atoms with Gasteiger partial charge in [-0.3, -0.25) is 0 Å². The molecule has 0 spiro atoms. The number of hydrogen-bond acceptors (Lipinski definition) is 5. The molecule has 19 heavy (non-hydrogen) atoms. The number of anilines is 1. The molecule has 0 amide bonds. The highest BCUT2D eigenvalue weighted by molar-refractivity contribution is 5.90. The summed E-state index contributed by atoms with van der Waals surface area (Å²) in [6.07, 6.45) is 1.89. The number of esters is 1. The molecule has 1 fully saturated rings. The van der Waals surface area contributed by atoms with Crippen molar-refractivity contribution in [2.45, 2.75) is 12.8 Å². The number of carbonyl (C=O) groups is 1. The monoisotopic (exact) mass is 265 g/mol. The third kappa shape index (κ3) is 3.61. The van der Waals surface area contributed by atoms with Crippen LogP contribution in [-0.2, 0) is 9.47 Å². The van der Waals surface area contributed by atoms with Crippen LogP contribution in [0.1, 0.15) is 23.2 Å². The minimum Gasteiger partial charge on any atom is -0.495 e. The van der Waals surface area contributed by atoms with Gasteiger partial charge in [-0.15, -0.1) is 0 Å². The van der Waals surface area contributed by atoms with E-state index in [1.807, 2.05) is 0 Å². The molecule has 0 bridgehead atoms. The Hall–Kier alpha value is -1.75. The molecule has 1 aromatic rings. The summed E-state index contributed by atoms with van der Waals surface area (Å²) in [6.45, 7) is 1.94. The Balaban J connectivity index is 1.92. The lowest BCUT2D eigenvalue weighted by atomic mass is 10.0. The predicted molar refractivity (Wildman–Crippen MR) is 71.2 cm³/mol. The highest BCUT2D eigenvalue weighted by Gasteiger charge is 2.17. The van der Waals surface area contributed by atoms with Crippen LogP contribution >= 0.6 is 0 Å². The van der Waals surface area contributed by atoms with Gasteiger partial charge < -0.3 is 19.9 Å². The van der Waals surface area contributed by atoms with Crippen molar-refractivity contribution in [3.05, 3.63) is 23.8 Å². The van der Waals surface area contributed by atoms with Crippen LogP contribution in [0.2, 0.25) is 0 Å². The van der Waals surface area contributed by atoms with Crippen molar-refractivity contribution in [1.82, 2.24) is 0 Å². The summed E-state index contributed by atoms with van der Waals surface area (Å²) < 4.78 is 15.7. The van der Waals surface area contributed by atoms with E-state index in [9.17, 15) is 4.79 Å². The van der Waals surface area contributed by atoms with Gasteiger partial charge in [-0.05, 0) is 37.0 Å². The van der Waals surface area contributed by atoms with Crippen molar-refractivity contribution in [2.75, 3.05) is 32.7 Å². The molecule has 2 rings (SSSR count). The van der Waals surface area contributed by atoms with Crippen LogP contribution in [0.3, 0.4) is 0 Å². The highest BCUT2D eigenvalue weighted by atomic mass is 16.5. The number of rotatable bonds is 4. The molecule has 0 aromatic heterocycles. The molecule has 104 valence electrons. The molecule has 1 aromatic carbocycles. The first-order valence-electron chi connectivity index (χ1n) is 6.39. The van der Waals surface area contributed by atoms with E-state index in [0.717, 1.165) is 26.1 Å². The van der Waals surface area contributed by atoms with E-state index >= 15 is 0 Å². The van der Waals surface area contributed by atoms with Gasteiger partial charge in [0.1, 0.15) is 5.75 Å². The van der Waals surface area contributed by atoms with Crippen LogP contribution in [0, 0.1) is 5.92 Å². The van der Waals surface area contributed by atoms with Gasteiger partial charge in [-0.1, -0.05) is 0 Å². The molecule has 0 atom stereocenters. The van der Waals surface area contributed by atoms with Crippen molar-refractivity contribution < 1.29 is 19.0 Å². The fourth-order valence-electron chi connectivity index (χ4n) is 2.03. The van der Waals surface area contributed by atoms with Crippen molar-refractivity contribution in [1.29, 1.82) is 0 Å². The molecule has 0 aliphatic carbocycles. The van der Waals surface area contributed by atoms with Gasteiger partial charge in [-0.25, -0.2) is 4.79 Å². The van der Waals surface area contributed by atoms with Crippen LogP contribution in [-0.4, -0.2) is 32.9 Å². The van der Waals surface area contributed by atoms with Crippen LogP contribution in [0.4, 0.5) is 5.69 Å². The standard InChI is InChI=1S/C14H19NO4/c1-17-13-8-11(2-3-12(13)15)14(16)19-9-10-4-6-18-7-5-10/h2-3,8,10H,4-7,9,15H2,1H3. The number of nitrogen functional groups attached to an aromatic ring is 1. The van der Waals surface area contributed by atoms with Gasteiger partial charge >= 0.3 is 5.97 Å². The fourth-order valence-corrected chi connectivity index (χ4v) is 2.03. The third-order valence-corrected chi connectivity index (χ3v) is 3.26. The molecule has 2 N–H and O–H groups in total. The quantitative estimate of drug-likeness (QED) is 0.664. The first-order chi connectivity index (χ1) is 9.20. The van der Waals surface area contributed by atoms with Gasteiger partial charge in [0, 0.05) is 13.2 Å². The minimum absolute atomic E-state index is 0.343. The van der Waals surface area contributed by atoms with Crippen LogP contribution in [0.25, 0.3) is 0 Å². The number of methoxy groups -OCH3 is 1. The van der Waals surface area contributed by atoms with Crippen LogP contribution in [0.5, 0.6) is 5.75 Å². The van der Waals surface area contributed by atoms with Gasteiger partial charge in [0.25, 0.3) is 0 Å². The van der Waals surface area contributed by atoms with Gasteiger partial charge in [0.05, 0.1) is 25.0 Å². The molecule has 1 aliphatic heterocycles. The van der Waals surface area contributed by atoms with E-state index in [-0.39, 0.29) is 5.97 Å². The zero-order chi connectivity index (χ0) is 13.7. The smallest absolute Gasteiger partial charge is 0.338 e. The largest absolute Gasteiger partial charge is 0.495 e. The second kappa shape index (κ2) is 6.43. The van der Waals surface area contributed by atoms with Crippen LogP contribution in [0.15, 0.2) is 18.2 Å². The Bertz CT molecular complexity index is 441. The number of carbonyl (C=O) groups excluding carboxylic acids is 1. The zero-order valence-electron chi connectivity index (χ0n) is 11.1. The molecule has 1 saturated heterocycles. The molecule has 1 heterocycles. The first kappa shape index (κ1) is 13.7. The summed E-state index contributed by atoms with van der Waals surface area (Å²) in [6, 6.07) is 4.88. The summed E-state index contributed by atoms with van der Waals surface area (Å²) in [5.74, 6) is 0.540. The molecule has 0 radical (unpaired) electrons. The lowest BCUT2D eigenvalue weighted by molar-refractivity contribution is 0.0185. The molecular weight excluding hydrogens is 246 g/mol. The summed E-state index contributed by atoms with van der Waals surface area (Å²) >= 11 is 0. The Morgan fingerprint density at radius 3 is 2.84 bits per heavy atom. The SMILES string of the molecule is COc1cc(C(=O)OCC2CCOCC2)ccc1N. The Morgan fingerprint density at radius 2 is 2.16 bits per heavy atom. The van der Waals surface area contributed by atoms with Crippen molar-refractivity contribution in [3.63, 3.8) is 0 Å². The maximum absolute atomic E-state index is 11.9. The second-order valence-electron chi connectivity index (χ2n) is 4.61. The van der Waals surface area contributed by atoms with E-state index in [1.54, 1.807) is 18.2 Å². The zero-order valence-corrected chi connectivity index (χ0v) is 11.1. The molecule has 5 heteroatoms. The summed E-state index contributed by atoms with van der Waals surface area (Å²) in [7, 11) is 1.52. The van der Waals surface area contributed by atoms with Crippen molar-refractivity contribution >= 4 is 11.7 Å². The Morgan fingerprint density at radius 1 is 1.42 bits per heavy atom. The first-order valence-corrected chi connectivity index (χ1v) is 6.39. The molecule has 0 saturated carbocycles. The van der Waals surface area contributed by atoms with Gasteiger partial charge in [-0.2, -0.15) is 0 Å². The number of hydrogen-bond donors (Lipinski definition) is 1. The normalized spacial score (nSPS) is 16.1. The Kier molecular flexibility index (Phi) is 4.63. The average molecular weight is 265 g/mol.